The molecule has 1 aliphatic carbocycles. The molecule has 2 aromatic rings. The van der Waals surface area contributed by atoms with E-state index in [2.05, 4.69) is 4.99 Å². The van der Waals surface area contributed by atoms with Gasteiger partial charge in [-0.15, -0.1) is 0 Å². The molecule has 0 bridgehead atoms. The number of amides is 1. The van der Waals surface area contributed by atoms with Crippen molar-refractivity contribution in [1.82, 2.24) is 0 Å². The molecular weight excluding hydrogens is 442 g/mol. The second kappa shape index (κ2) is 11.3. The molecule has 0 aliphatic heterocycles. The molecule has 4 N–H and O–H groups in total. The van der Waals surface area contributed by atoms with Crippen LogP contribution in [0.15, 0.2) is 52.4 Å². The van der Waals surface area contributed by atoms with E-state index in [1.54, 1.807) is 31.4 Å². The molecule has 1 aliphatic rings. The third-order valence-electron chi connectivity index (χ3n) is 5.35. The Balaban J connectivity index is 1.79. The highest BCUT2D eigenvalue weighted by Crippen LogP contribution is 2.34. The monoisotopic (exact) mass is 473 g/mol. The van der Waals surface area contributed by atoms with E-state index in [1.165, 1.54) is 0 Å². The maximum Gasteiger partial charge on any atom is 0.249 e. The van der Waals surface area contributed by atoms with Crippen molar-refractivity contribution in [2.45, 2.75) is 37.0 Å². The van der Waals surface area contributed by atoms with Gasteiger partial charge in [0.05, 0.1) is 17.3 Å². The molecule has 0 atom stereocenters. The summed E-state index contributed by atoms with van der Waals surface area (Å²) in [4.78, 5) is 15.7. The molecule has 0 aromatic heterocycles. The van der Waals surface area contributed by atoms with Gasteiger partial charge in [-0.1, -0.05) is 24.3 Å². The van der Waals surface area contributed by atoms with Gasteiger partial charge in [0.25, 0.3) is 0 Å². The highest BCUT2D eigenvalue weighted by atomic mass is 32.2. The number of hydrogen-bond acceptors (Lipinski definition) is 5. The first-order chi connectivity index (χ1) is 15.8. The van der Waals surface area contributed by atoms with E-state index >= 15 is 0 Å². The molecule has 0 unspecified atom stereocenters. The fourth-order valence-electron chi connectivity index (χ4n) is 3.45. The van der Waals surface area contributed by atoms with Crippen molar-refractivity contribution in [2.75, 3.05) is 26.1 Å². The molecule has 3 rings (SSSR count). The number of aryl methyl sites for hydroxylation is 1. The van der Waals surface area contributed by atoms with Crippen molar-refractivity contribution in [3.8, 4) is 16.9 Å². The number of carbonyl (C=O) groups excluding carboxylic acids is 1. The molecule has 0 radical (unpaired) electrons. The molecule has 0 heterocycles. The van der Waals surface area contributed by atoms with Crippen molar-refractivity contribution < 1.29 is 22.7 Å². The number of sulfone groups is 1. The average Bonchev–Trinajstić information content (AvgIpc) is 3.58. The lowest BCUT2D eigenvalue weighted by atomic mass is 10.0. The predicted molar refractivity (Wildman–Crippen MR) is 128 cm³/mol. The van der Waals surface area contributed by atoms with Gasteiger partial charge < -0.3 is 20.9 Å². The van der Waals surface area contributed by atoms with Crippen LogP contribution in [0, 0.1) is 5.92 Å². The van der Waals surface area contributed by atoms with Crippen LogP contribution in [0.5, 0.6) is 5.75 Å². The van der Waals surface area contributed by atoms with Gasteiger partial charge in [0, 0.05) is 32.1 Å². The number of hydrogen-bond donors (Lipinski definition) is 2. The summed E-state index contributed by atoms with van der Waals surface area (Å²) in [6.07, 6.45) is 3.34. The van der Waals surface area contributed by atoms with Crippen LogP contribution in [0.2, 0.25) is 0 Å². The van der Waals surface area contributed by atoms with Gasteiger partial charge in [0.2, 0.25) is 5.91 Å². The first-order valence-electron chi connectivity index (χ1n) is 11.0. The second-order valence-electron chi connectivity index (χ2n) is 8.20. The maximum absolute atomic E-state index is 12.5. The first kappa shape index (κ1) is 24.7. The van der Waals surface area contributed by atoms with Gasteiger partial charge in [-0.25, -0.2) is 8.42 Å². The van der Waals surface area contributed by atoms with Crippen LogP contribution in [0.4, 0.5) is 0 Å². The van der Waals surface area contributed by atoms with Crippen molar-refractivity contribution >= 4 is 21.7 Å². The number of nitrogens with two attached hydrogens (primary N) is 2. The summed E-state index contributed by atoms with van der Waals surface area (Å²) in [6.45, 7) is 1.04. The van der Waals surface area contributed by atoms with Crippen molar-refractivity contribution in [1.29, 1.82) is 0 Å². The molecule has 33 heavy (non-hydrogen) atoms. The standard InChI is InChI=1S/C24H31N3O5S/c1-31-13-2-14-32-22-15-17(6-12-23(28)27-24(25)26)5-11-21(22)19-7-9-20(10-8-19)33(29,30)16-18-3-4-18/h5,7-11,15,18H,2-4,6,12-14,16H2,1H3,(H4,25,26,27,28). The third-order valence-corrected chi connectivity index (χ3v) is 7.25. The zero-order valence-electron chi connectivity index (χ0n) is 18.8. The lowest BCUT2D eigenvalue weighted by Crippen LogP contribution is -2.24. The van der Waals surface area contributed by atoms with E-state index in [0.717, 1.165) is 36.0 Å². The lowest BCUT2D eigenvalue weighted by molar-refractivity contribution is -0.117. The summed E-state index contributed by atoms with van der Waals surface area (Å²) < 4.78 is 36.2. The minimum Gasteiger partial charge on any atom is -0.493 e. The maximum atomic E-state index is 12.5. The number of ether oxygens (including phenoxy) is 2. The lowest BCUT2D eigenvalue weighted by Gasteiger charge is -2.14. The first-order valence-corrected chi connectivity index (χ1v) is 12.6. The van der Waals surface area contributed by atoms with Gasteiger partial charge in [-0.3, -0.25) is 4.79 Å². The molecule has 1 saturated carbocycles. The summed E-state index contributed by atoms with van der Waals surface area (Å²) >= 11 is 0. The Bertz CT molecular complexity index is 1090. The highest BCUT2D eigenvalue weighted by molar-refractivity contribution is 7.91. The molecular formula is C24H31N3O5S. The molecule has 1 fully saturated rings. The molecule has 0 spiro atoms. The van der Waals surface area contributed by atoms with Crippen LogP contribution >= 0.6 is 0 Å². The van der Waals surface area contributed by atoms with Crippen LogP contribution < -0.4 is 16.2 Å². The zero-order valence-corrected chi connectivity index (χ0v) is 19.6. The summed E-state index contributed by atoms with van der Waals surface area (Å²) in [5, 5.41) is 0. The van der Waals surface area contributed by atoms with E-state index in [9.17, 15) is 13.2 Å². The van der Waals surface area contributed by atoms with Crippen molar-refractivity contribution in [3.05, 3.63) is 48.0 Å². The van der Waals surface area contributed by atoms with Gasteiger partial charge >= 0.3 is 0 Å². The molecule has 9 heteroatoms. The molecule has 178 valence electrons. The minimum absolute atomic E-state index is 0.175. The number of nitrogens with zero attached hydrogens (tertiary/aromatic N) is 1. The number of guanidine groups is 1. The highest BCUT2D eigenvalue weighted by Gasteiger charge is 2.29. The Morgan fingerprint density at radius 2 is 1.82 bits per heavy atom. The van der Waals surface area contributed by atoms with Crippen LogP contribution in [0.1, 0.15) is 31.2 Å². The summed E-state index contributed by atoms with van der Waals surface area (Å²) in [5.41, 5.74) is 13.1. The van der Waals surface area contributed by atoms with Crippen molar-refractivity contribution in [2.24, 2.45) is 22.4 Å². The number of aliphatic imine (C=N–C) groups is 1. The SMILES string of the molecule is COCCCOc1cc(CCC(=O)N=C(N)N)ccc1-c1ccc(S(=O)(=O)CC2CC2)cc1. The fraction of sp³-hybridized carbons (Fsp3) is 0.417. The Morgan fingerprint density at radius 1 is 1.09 bits per heavy atom. The molecule has 2 aromatic carbocycles. The number of benzene rings is 2. The Morgan fingerprint density at radius 3 is 2.45 bits per heavy atom. The van der Waals surface area contributed by atoms with Crippen molar-refractivity contribution in [3.63, 3.8) is 0 Å². The fourth-order valence-corrected chi connectivity index (χ4v) is 5.15. The topological polar surface area (TPSA) is 134 Å². The Labute approximate surface area is 194 Å². The second-order valence-corrected chi connectivity index (χ2v) is 10.2. The molecule has 0 saturated heterocycles. The Hall–Kier alpha value is -2.91. The minimum atomic E-state index is -3.26. The van der Waals surface area contributed by atoms with E-state index in [0.29, 0.717) is 36.2 Å². The summed E-state index contributed by atoms with van der Waals surface area (Å²) in [5.74, 6) is 0.539. The van der Waals surface area contributed by atoms with E-state index in [-0.39, 0.29) is 24.0 Å². The smallest absolute Gasteiger partial charge is 0.249 e. The van der Waals surface area contributed by atoms with Crippen LogP contribution in [0.25, 0.3) is 11.1 Å². The largest absolute Gasteiger partial charge is 0.493 e. The Kier molecular flexibility index (Phi) is 8.46. The molecule has 8 nitrogen and oxygen atoms in total. The molecule has 1 amide bonds. The number of methoxy groups -OCH3 is 1. The normalized spacial score (nSPS) is 13.5. The van der Waals surface area contributed by atoms with Crippen LogP contribution in [-0.2, 0) is 25.8 Å². The van der Waals surface area contributed by atoms with Crippen LogP contribution in [-0.4, -0.2) is 46.4 Å². The van der Waals surface area contributed by atoms with Gasteiger partial charge in [-0.05, 0) is 54.5 Å². The average molecular weight is 474 g/mol. The quantitative estimate of drug-likeness (QED) is 0.275. The van der Waals surface area contributed by atoms with E-state index in [1.807, 2.05) is 18.2 Å². The van der Waals surface area contributed by atoms with Gasteiger partial charge in [-0.2, -0.15) is 4.99 Å². The number of carbonyl (C=O) groups is 1. The third kappa shape index (κ3) is 7.57. The summed E-state index contributed by atoms with van der Waals surface area (Å²) in [7, 11) is -1.63. The predicted octanol–water partition coefficient (Wildman–Crippen LogP) is 2.69. The van der Waals surface area contributed by atoms with Crippen LogP contribution in [0.3, 0.4) is 0 Å². The van der Waals surface area contributed by atoms with Gasteiger partial charge in [0.1, 0.15) is 5.75 Å². The van der Waals surface area contributed by atoms with Gasteiger partial charge in [0.15, 0.2) is 15.8 Å². The van der Waals surface area contributed by atoms with E-state index < -0.39 is 9.84 Å². The zero-order chi connectivity index (χ0) is 23.8. The van der Waals surface area contributed by atoms with E-state index in [4.69, 9.17) is 20.9 Å². The number of rotatable bonds is 12. The summed E-state index contributed by atoms with van der Waals surface area (Å²) in [6, 6.07) is 12.6.